The molecule has 5 heteroatoms. The van der Waals surface area contributed by atoms with Crippen LogP contribution in [0.1, 0.15) is 18.9 Å². The Hall–Kier alpha value is -1.33. The molecule has 1 saturated heterocycles. The summed E-state index contributed by atoms with van der Waals surface area (Å²) in [5.41, 5.74) is 1.94. The number of carboxylic acids is 1. The van der Waals surface area contributed by atoms with Crippen molar-refractivity contribution in [3.05, 3.63) is 34.3 Å². The molecule has 1 aromatic rings. The lowest BCUT2D eigenvalue weighted by molar-refractivity contribution is -0.131. The van der Waals surface area contributed by atoms with Crippen LogP contribution in [0.2, 0.25) is 0 Å². The highest BCUT2D eigenvalue weighted by Crippen LogP contribution is 2.31. The first-order valence-corrected chi connectivity index (χ1v) is 7.33. The molecule has 0 bridgehead atoms. The van der Waals surface area contributed by atoms with Gasteiger partial charge in [-0.25, -0.2) is 4.79 Å². The maximum atomic E-state index is 10.5. The monoisotopic (exact) mass is 339 g/mol. The van der Waals surface area contributed by atoms with E-state index in [1.165, 1.54) is 0 Å². The second-order valence-corrected chi connectivity index (χ2v) is 5.78. The molecule has 0 aromatic heterocycles. The fourth-order valence-corrected chi connectivity index (χ4v) is 3.16. The number of anilines is 1. The number of benzene rings is 1. The highest BCUT2D eigenvalue weighted by Gasteiger charge is 2.28. The van der Waals surface area contributed by atoms with Crippen molar-refractivity contribution in [3.8, 4) is 0 Å². The zero-order chi connectivity index (χ0) is 14.7. The number of nitrogens with zero attached hydrogens (tertiary/aromatic N) is 1. The Morgan fingerprint density at radius 2 is 2.30 bits per heavy atom. The summed E-state index contributed by atoms with van der Waals surface area (Å²) < 4.78 is 6.55. The van der Waals surface area contributed by atoms with Gasteiger partial charge in [0.05, 0.1) is 17.8 Å². The third kappa shape index (κ3) is 3.41. The number of hydrogen-bond acceptors (Lipinski definition) is 3. The minimum Gasteiger partial charge on any atom is -0.478 e. The molecule has 0 radical (unpaired) electrons. The molecule has 0 spiro atoms. The second-order valence-electron chi connectivity index (χ2n) is 4.93. The number of carboxylic acid groups (broad SMARTS) is 1. The van der Waals surface area contributed by atoms with Crippen LogP contribution in [0.4, 0.5) is 5.69 Å². The molecule has 108 valence electrons. The summed E-state index contributed by atoms with van der Waals surface area (Å²) >= 11 is 3.56. The lowest BCUT2D eigenvalue weighted by atomic mass is 10.1. The van der Waals surface area contributed by atoms with Gasteiger partial charge in [-0.2, -0.15) is 0 Å². The van der Waals surface area contributed by atoms with Crippen LogP contribution in [0, 0.1) is 0 Å². The fraction of sp³-hybridized carbons (Fsp3) is 0.400. The van der Waals surface area contributed by atoms with Gasteiger partial charge in [-0.3, -0.25) is 0 Å². The van der Waals surface area contributed by atoms with Gasteiger partial charge in [0.15, 0.2) is 0 Å². The van der Waals surface area contributed by atoms with Crippen molar-refractivity contribution in [2.45, 2.75) is 25.5 Å². The number of halogens is 1. The molecule has 2 atom stereocenters. The van der Waals surface area contributed by atoms with E-state index in [2.05, 4.69) is 34.8 Å². The molecular weight excluding hydrogens is 322 g/mol. The van der Waals surface area contributed by atoms with Crippen LogP contribution in [-0.4, -0.2) is 36.9 Å². The molecule has 2 unspecified atom stereocenters. The zero-order valence-electron chi connectivity index (χ0n) is 11.5. The van der Waals surface area contributed by atoms with E-state index < -0.39 is 5.97 Å². The molecule has 1 heterocycles. The highest BCUT2D eigenvalue weighted by atomic mass is 79.9. The topological polar surface area (TPSA) is 49.8 Å². The zero-order valence-corrected chi connectivity index (χ0v) is 13.1. The molecule has 1 aliphatic rings. The Morgan fingerprint density at radius 3 is 2.85 bits per heavy atom. The van der Waals surface area contributed by atoms with Gasteiger partial charge in [-0.05, 0) is 53.0 Å². The smallest absolute Gasteiger partial charge is 0.328 e. The van der Waals surface area contributed by atoms with Crippen LogP contribution in [0.25, 0.3) is 6.08 Å². The summed E-state index contributed by atoms with van der Waals surface area (Å²) in [6.07, 6.45) is 3.96. The molecule has 2 rings (SSSR count). The van der Waals surface area contributed by atoms with Gasteiger partial charge >= 0.3 is 5.97 Å². The summed E-state index contributed by atoms with van der Waals surface area (Å²) in [5.74, 6) is -0.945. The number of likely N-dealkylation sites (N-methyl/N-ethyl adjacent to an activating group) is 1. The SMILES string of the molecule is CC1OCCC1N(C)c1ccc(/C=C/C(=O)O)cc1Br. The first-order chi connectivity index (χ1) is 9.49. The average Bonchev–Trinajstić information content (AvgIpc) is 2.82. The van der Waals surface area contributed by atoms with E-state index in [1.807, 2.05) is 18.2 Å². The van der Waals surface area contributed by atoms with Crippen molar-refractivity contribution in [3.63, 3.8) is 0 Å². The second kappa shape index (κ2) is 6.41. The lowest BCUT2D eigenvalue weighted by Gasteiger charge is -2.29. The van der Waals surface area contributed by atoms with Gasteiger partial charge in [-0.15, -0.1) is 0 Å². The van der Waals surface area contributed by atoms with Gasteiger partial charge in [0.1, 0.15) is 0 Å². The van der Waals surface area contributed by atoms with Crippen LogP contribution in [-0.2, 0) is 9.53 Å². The van der Waals surface area contributed by atoms with Crippen molar-refractivity contribution in [1.29, 1.82) is 0 Å². The van der Waals surface area contributed by atoms with E-state index in [0.29, 0.717) is 6.04 Å². The molecule has 0 saturated carbocycles. The number of hydrogen-bond donors (Lipinski definition) is 1. The maximum absolute atomic E-state index is 10.5. The van der Waals surface area contributed by atoms with Crippen LogP contribution >= 0.6 is 15.9 Å². The third-order valence-electron chi connectivity index (χ3n) is 3.60. The van der Waals surface area contributed by atoms with Crippen LogP contribution in [0.15, 0.2) is 28.7 Å². The van der Waals surface area contributed by atoms with E-state index in [0.717, 1.165) is 34.8 Å². The van der Waals surface area contributed by atoms with Crippen molar-refractivity contribution in [2.24, 2.45) is 0 Å². The van der Waals surface area contributed by atoms with E-state index in [9.17, 15) is 4.79 Å². The van der Waals surface area contributed by atoms with Gasteiger partial charge in [-0.1, -0.05) is 6.07 Å². The van der Waals surface area contributed by atoms with Gasteiger partial charge in [0, 0.05) is 24.2 Å². The Kier molecular flexibility index (Phi) is 4.83. The van der Waals surface area contributed by atoms with Crippen LogP contribution in [0.5, 0.6) is 0 Å². The van der Waals surface area contributed by atoms with Gasteiger partial charge in [0.25, 0.3) is 0 Å². The van der Waals surface area contributed by atoms with Crippen LogP contribution in [0.3, 0.4) is 0 Å². The Bertz CT molecular complexity index is 530. The quantitative estimate of drug-likeness (QED) is 0.856. The minimum atomic E-state index is -0.945. The molecule has 0 aliphatic carbocycles. The molecule has 4 nitrogen and oxygen atoms in total. The molecule has 0 amide bonds. The first kappa shape index (κ1) is 15.1. The van der Waals surface area contributed by atoms with Crippen molar-refractivity contribution in [1.82, 2.24) is 0 Å². The van der Waals surface area contributed by atoms with E-state index in [4.69, 9.17) is 9.84 Å². The highest BCUT2D eigenvalue weighted by molar-refractivity contribution is 9.10. The molecule has 1 N–H and O–H groups in total. The van der Waals surface area contributed by atoms with Gasteiger partial charge < -0.3 is 14.7 Å². The largest absolute Gasteiger partial charge is 0.478 e. The maximum Gasteiger partial charge on any atom is 0.328 e. The number of carbonyl (C=O) groups is 1. The predicted octanol–water partition coefficient (Wildman–Crippen LogP) is 3.16. The normalized spacial score (nSPS) is 22.4. The van der Waals surface area contributed by atoms with E-state index >= 15 is 0 Å². The van der Waals surface area contributed by atoms with Crippen molar-refractivity contribution < 1.29 is 14.6 Å². The Morgan fingerprint density at radius 1 is 1.55 bits per heavy atom. The third-order valence-corrected chi connectivity index (χ3v) is 4.24. The summed E-state index contributed by atoms with van der Waals surface area (Å²) in [7, 11) is 2.06. The number of ether oxygens (including phenoxy) is 1. The molecular formula is C15H18BrNO3. The Labute approximate surface area is 127 Å². The Balaban J connectivity index is 2.19. The molecule has 1 fully saturated rings. The summed E-state index contributed by atoms with van der Waals surface area (Å²) in [6, 6.07) is 6.20. The standard InChI is InChI=1S/C15H18BrNO3/c1-10-13(7-8-20-10)17(2)14-5-3-11(9-12(14)16)4-6-15(18)19/h3-6,9-10,13H,7-8H2,1-2H3,(H,18,19)/b6-4+. The summed E-state index contributed by atoms with van der Waals surface area (Å²) in [6.45, 7) is 2.89. The molecule has 20 heavy (non-hydrogen) atoms. The van der Waals surface area contributed by atoms with Gasteiger partial charge in [0.2, 0.25) is 0 Å². The molecule has 1 aromatic carbocycles. The summed E-state index contributed by atoms with van der Waals surface area (Å²) in [5, 5.41) is 8.64. The lowest BCUT2D eigenvalue weighted by Crippen LogP contribution is -2.36. The average molecular weight is 340 g/mol. The number of aliphatic carboxylic acids is 1. The van der Waals surface area contributed by atoms with Crippen LogP contribution < -0.4 is 4.90 Å². The fourth-order valence-electron chi connectivity index (χ4n) is 2.49. The minimum absolute atomic E-state index is 0.221. The number of rotatable bonds is 4. The van der Waals surface area contributed by atoms with E-state index in [-0.39, 0.29) is 6.10 Å². The van der Waals surface area contributed by atoms with Crippen molar-refractivity contribution >= 4 is 33.7 Å². The first-order valence-electron chi connectivity index (χ1n) is 6.54. The summed E-state index contributed by atoms with van der Waals surface area (Å²) in [4.78, 5) is 12.7. The predicted molar refractivity (Wildman–Crippen MR) is 83.0 cm³/mol. The van der Waals surface area contributed by atoms with E-state index in [1.54, 1.807) is 6.08 Å². The van der Waals surface area contributed by atoms with Crippen molar-refractivity contribution in [2.75, 3.05) is 18.6 Å². The molecule has 1 aliphatic heterocycles.